The number of ether oxygens (including phenoxy) is 2. The van der Waals surface area contributed by atoms with E-state index in [2.05, 4.69) is 19.1 Å². The van der Waals surface area contributed by atoms with Gasteiger partial charge in [-0.3, -0.25) is 4.79 Å². The normalized spacial score (nSPS) is 47.3. The third-order valence-electron chi connectivity index (χ3n) is 8.29. The highest BCUT2D eigenvalue weighted by molar-refractivity contribution is 5.79. The first-order valence-corrected chi connectivity index (χ1v) is 10.6. The van der Waals surface area contributed by atoms with Gasteiger partial charge >= 0.3 is 11.9 Å². The molecule has 4 heteroatoms. The molecule has 3 atom stereocenters. The maximum absolute atomic E-state index is 12.6. The van der Waals surface area contributed by atoms with Crippen LogP contribution in [-0.4, -0.2) is 24.1 Å². The first-order valence-electron chi connectivity index (χ1n) is 10.6. The molecule has 3 unspecified atom stereocenters. The van der Waals surface area contributed by atoms with E-state index >= 15 is 0 Å². The second-order valence-corrected chi connectivity index (χ2v) is 9.58. The second kappa shape index (κ2) is 6.10. The minimum absolute atomic E-state index is 0.0564. The van der Waals surface area contributed by atoms with Gasteiger partial charge in [-0.1, -0.05) is 19.1 Å². The van der Waals surface area contributed by atoms with E-state index in [1.807, 2.05) is 0 Å². The van der Waals surface area contributed by atoms with E-state index in [1.54, 1.807) is 0 Å². The van der Waals surface area contributed by atoms with Gasteiger partial charge in [0.2, 0.25) is 0 Å². The molecule has 6 bridgehead atoms. The van der Waals surface area contributed by atoms with Gasteiger partial charge in [0.15, 0.2) is 6.61 Å². The summed E-state index contributed by atoms with van der Waals surface area (Å²) in [5.41, 5.74) is -0.300. The zero-order chi connectivity index (χ0) is 17.9. The zero-order valence-electron chi connectivity index (χ0n) is 15.7. The van der Waals surface area contributed by atoms with E-state index in [0.29, 0.717) is 23.7 Å². The van der Waals surface area contributed by atoms with Crippen molar-refractivity contribution < 1.29 is 19.1 Å². The van der Waals surface area contributed by atoms with Crippen LogP contribution in [0.15, 0.2) is 12.2 Å². The molecule has 0 aromatic rings. The van der Waals surface area contributed by atoms with E-state index in [4.69, 9.17) is 9.47 Å². The molecule has 0 aliphatic heterocycles. The van der Waals surface area contributed by atoms with Gasteiger partial charge in [-0.25, -0.2) is 4.79 Å². The topological polar surface area (TPSA) is 52.6 Å². The Kier molecular flexibility index (Phi) is 3.95. The van der Waals surface area contributed by atoms with Crippen molar-refractivity contribution in [1.29, 1.82) is 0 Å². The van der Waals surface area contributed by atoms with Crippen LogP contribution in [0.25, 0.3) is 0 Å². The molecule has 0 spiro atoms. The highest BCUT2D eigenvalue weighted by Crippen LogP contribution is 2.60. The summed E-state index contributed by atoms with van der Waals surface area (Å²) in [6.45, 7) is 1.94. The Morgan fingerprint density at radius 1 is 0.962 bits per heavy atom. The van der Waals surface area contributed by atoms with E-state index in [-0.39, 0.29) is 30.1 Å². The molecule has 6 rings (SSSR count). The third-order valence-corrected chi connectivity index (χ3v) is 8.29. The average molecular weight is 358 g/mol. The van der Waals surface area contributed by atoms with E-state index in [9.17, 15) is 9.59 Å². The fourth-order valence-corrected chi connectivity index (χ4v) is 7.33. The predicted octanol–water partition coefficient (Wildman–Crippen LogP) is 3.89. The minimum Gasteiger partial charge on any atom is -0.456 e. The van der Waals surface area contributed by atoms with Crippen LogP contribution in [0, 0.1) is 41.4 Å². The van der Waals surface area contributed by atoms with Gasteiger partial charge in [0.25, 0.3) is 0 Å². The lowest BCUT2D eigenvalue weighted by Gasteiger charge is -2.60. The fraction of sp³-hybridized carbons (Fsp3) is 0.818. The monoisotopic (exact) mass is 358 g/mol. The molecule has 4 nitrogen and oxygen atoms in total. The molecule has 0 aromatic heterocycles. The molecule has 0 heterocycles. The van der Waals surface area contributed by atoms with Crippen LogP contribution in [0.2, 0.25) is 0 Å². The van der Waals surface area contributed by atoms with Crippen LogP contribution in [0.5, 0.6) is 0 Å². The number of hydrogen-bond donors (Lipinski definition) is 0. The maximum Gasteiger partial charge on any atom is 0.344 e. The number of carbonyl (C=O) groups is 2. The van der Waals surface area contributed by atoms with Crippen LogP contribution in [0.3, 0.4) is 0 Å². The Morgan fingerprint density at radius 3 is 2.19 bits per heavy atom. The first-order chi connectivity index (χ1) is 12.6. The van der Waals surface area contributed by atoms with Gasteiger partial charge in [0.05, 0.1) is 5.92 Å². The molecule has 0 saturated heterocycles. The highest BCUT2D eigenvalue weighted by atomic mass is 16.6. The van der Waals surface area contributed by atoms with Gasteiger partial charge in [0.1, 0.15) is 5.60 Å². The Labute approximate surface area is 155 Å². The maximum atomic E-state index is 12.6. The van der Waals surface area contributed by atoms with Crippen molar-refractivity contribution in [2.45, 2.75) is 63.9 Å². The van der Waals surface area contributed by atoms with Crippen LogP contribution in [0.1, 0.15) is 58.3 Å². The Bertz CT molecular complexity index is 608. The molecule has 142 valence electrons. The van der Waals surface area contributed by atoms with E-state index in [0.717, 1.165) is 31.1 Å². The molecule has 6 aliphatic carbocycles. The minimum atomic E-state index is -0.341. The van der Waals surface area contributed by atoms with Crippen molar-refractivity contribution in [2.75, 3.05) is 6.61 Å². The lowest BCUT2D eigenvalue weighted by molar-refractivity contribution is -0.214. The Balaban J connectivity index is 1.20. The van der Waals surface area contributed by atoms with Crippen molar-refractivity contribution in [3.8, 4) is 0 Å². The summed E-state index contributed by atoms with van der Waals surface area (Å²) in [6, 6.07) is 0. The molecule has 0 N–H and O–H groups in total. The molecule has 0 aromatic carbocycles. The summed E-state index contributed by atoms with van der Waals surface area (Å²) in [6.07, 6.45) is 13.4. The fourth-order valence-electron chi connectivity index (χ4n) is 7.33. The summed E-state index contributed by atoms with van der Waals surface area (Å²) in [7, 11) is 0. The average Bonchev–Trinajstić information content (AvgIpc) is 3.26. The zero-order valence-corrected chi connectivity index (χ0v) is 15.7. The summed E-state index contributed by atoms with van der Waals surface area (Å²) >= 11 is 0. The molecule has 0 radical (unpaired) electrons. The lowest BCUT2D eigenvalue weighted by atomic mass is 9.49. The van der Waals surface area contributed by atoms with Crippen molar-refractivity contribution in [1.82, 2.24) is 0 Å². The number of carbonyl (C=O) groups excluding carboxylic acids is 2. The lowest BCUT2D eigenvalue weighted by Crippen LogP contribution is -2.59. The van der Waals surface area contributed by atoms with Crippen LogP contribution in [-0.2, 0) is 19.1 Å². The third kappa shape index (κ3) is 2.55. The number of rotatable bonds is 5. The SMILES string of the molecule is CCC1(OC(=O)COC(=O)C2CC3C=CC2C3)C2CC3CC(C2)CC1C3. The van der Waals surface area contributed by atoms with Crippen molar-refractivity contribution >= 4 is 11.9 Å². The second-order valence-electron chi connectivity index (χ2n) is 9.58. The largest absolute Gasteiger partial charge is 0.456 e. The first kappa shape index (κ1) is 16.8. The molecule has 5 fully saturated rings. The van der Waals surface area contributed by atoms with E-state index < -0.39 is 0 Å². The Hall–Kier alpha value is -1.32. The summed E-state index contributed by atoms with van der Waals surface area (Å²) in [5.74, 6) is 2.95. The number of fused-ring (bicyclic) bond motifs is 2. The molecule has 5 saturated carbocycles. The van der Waals surface area contributed by atoms with Gasteiger partial charge in [-0.2, -0.15) is 0 Å². The van der Waals surface area contributed by atoms with Crippen molar-refractivity contribution in [3.05, 3.63) is 12.2 Å². The van der Waals surface area contributed by atoms with Crippen LogP contribution in [0.4, 0.5) is 0 Å². The number of hydrogen-bond acceptors (Lipinski definition) is 4. The highest BCUT2D eigenvalue weighted by Gasteiger charge is 2.58. The quantitative estimate of drug-likeness (QED) is 0.553. The van der Waals surface area contributed by atoms with Gasteiger partial charge in [-0.05, 0) is 86.9 Å². The predicted molar refractivity (Wildman–Crippen MR) is 96.0 cm³/mol. The molecule has 6 aliphatic rings. The molecule has 26 heavy (non-hydrogen) atoms. The van der Waals surface area contributed by atoms with Gasteiger partial charge in [-0.15, -0.1) is 0 Å². The molecular weight excluding hydrogens is 328 g/mol. The standard InChI is InChI=1S/C22H30O4/c1-2-22(17-7-14-5-15(9-17)10-18(22)8-14)26-20(23)12-25-21(24)19-11-13-3-4-16(19)6-13/h3-4,13-19H,2,5-12H2,1H3. The smallest absolute Gasteiger partial charge is 0.344 e. The summed E-state index contributed by atoms with van der Waals surface area (Å²) < 4.78 is 11.5. The summed E-state index contributed by atoms with van der Waals surface area (Å²) in [5, 5.41) is 0. The van der Waals surface area contributed by atoms with Crippen molar-refractivity contribution in [2.24, 2.45) is 41.4 Å². The Morgan fingerprint density at radius 2 is 1.65 bits per heavy atom. The summed E-state index contributed by atoms with van der Waals surface area (Å²) in [4.78, 5) is 24.9. The molecular formula is C22H30O4. The van der Waals surface area contributed by atoms with Crippen LogP contribution >= 0.6 is 0 Å². The van der Waals surface area contributed by atoms with Crippen LogP contribution < -0.4 is 0 Å². The van der Waals surface area contributed by atoms with E-state index in [1.165, 1.54) is 32.1 Å². The van der Waals surface area contributed by atoms with Gasteiger partial charge in [0, 0.05) is 0 Å². The number of allylic oxidation sites excluding steroid dienone is 2. The van der Waals surface area contributed by atoms with Gasteiger partial charge < -0.3 is 9.47 Å². The number of esters is 2. The van der Waals surface area contributed by atoms with Crippen molar-refractivity contribution in [3.63, 3.8) is 0 Å². The molecule has 0 amide bonds.